The highest BCUT2D eigenvalue weighted by Gasteiger charge is 2.27. The first kappa shape index (κ1) is 24.0. The Morgan fingerprint density at radius 2 is 1.70 bits per heavy atom. The number of carbonyl (C=O) groups is 1. The lowest BCUT2D eigenvalue weighted by Gasteiger charge is -2.15. The molecule has 0 spiro atoms. The zero-order chi connectivity index (χ0) is 24.3. The van der Waals surface area contributed by atoms with Gasteiger partial charge in [0.1, 0.15) is 10.6 Å². The molecule has 2 aromatic carbocycles. The fraction of sp³-hybridized carbons (Fsp3) is 0.261. The van der Waals surface area contributed by atoms with E-state index < -0.39 is 33.1 Å². The molecule has 3 aromatic rings. The van der Waals surface area contributed by atoms with E-state index in [4.69, 9.17) is 13.7 Å². The number of rotatable bonds is 7. The summed E-state index contributed by atoms with van der Waals surface area (Å²) in [5.41, 5.74) is 0.994. The minimum Gasteiger partial charge on any atom is -0.496 e. The smallest absolute Gasteiger partial charge is 0.362 e. The van der Waals surface area contributed by atoms with Gasteiger partial charge in [0.25, 0.3) is 5.56 Å². The van der Waals surface area contributed by atoms with E-state index in [0.29, 0.717) is 22.6 Å². The minimum absolute atomic E-state index is 0.0208. The van der Waals surface area contributed by atoms with Crippen LogP contribution in [0.1, 0.15) is 34.1 Å². The highest BCUT2D eigenvalue weighted by atomic mass is 32.2. The topological polar surface area (TPSA) is 114 Å². The second kappa shape index (κ2) is 9.45. The molecule has 0 radical (unpaired) electrons. The van der Waals surface area contributed by atoms with Crippen molar-refractivity contribution in [2.45, 2.75) is 32.6 Å². The molecule has 0 aliphatic rings. The van der Waals surface area contributed by atoms with Crippen molar-refractivity contribution in [2.75, 3.05) is 13.7 Å². The van der Waals surface area contributed by atoms with Crippen LogP contribution in [0.2, 0.25) is 0 Å². The number of aromatic nitrogens is 2. The van der Waals surface area contributed by atoms with Crippen LogP contribution in [-0.4, -0.2) is 37.9 Å². The van der Waals surface area contributed by atoms with E-state index in [2.05, 4.69) is 5.10 Å². The van der Waals surface area contributed by atoms with Crippen molar-refractivity contribution in [3.05, 3.63) is 75.2 Å². The Morgan fingerprint density at radius 3 is 2.33 bits per heavy atom. The third kappa shape index (κ3) is 4.90. The van der Waals surface area contributed by atoms with Crippen LogP contribution in [0.15, 0.2) is 52.2 Å². The van der Waals surface area contributed by atoms with Gasteiger partial charge in [-0.15, -0.1) is 0 Å². The molecule has 0 aliphatic heterocycles. The zero-order valence-corrected chi connectivity index (χ0v) is 19.7. The highest BCUT2D eigenvalue weighted by molar-refractivity contribution is 7.87. The Kier molecular flexibility index (Phi) is 6.87. The van der Waals surface area contributed by atoms with Gasteiger partial charge in [0.15, 0.2) is 5.75 Å². The molecule has 0 amide bonds. The van der Waals surface area contributed by atoms with Crippen LogP contribution in [0.4, 0.5) is 0 Å². The molecule has 0 atom stereocenters. The molecule has 0 N–H and O–H groups in total. The average molecular weight is 473 g/mol. The van der Waals surface area contributed by atoms with Gasteiger partial charge in [-0.25, -0.2) is 4.79 Å². The van der Waals surface area contributed by atoms with Gasteiger partial charge >= 0.3 is 16.1 Å². The third-order valence-electron chi connectivity index (χ3n) is 4.87. The van der Waals surface area contributed by atoms with Gasteiger partial charge in [-0.05, 0) is 62.6 Å². The van der Waals surface area contributed by atoms with E-state index in [0.717, 1.165) is 16.3 Å². The second-order valence-corrected chi connectivity index (χ2v) is 8.75. The molecule has 0 saturated heterocycles. The maximum atomic E-state index is 13.1. The Labute approximate surface area is 191 Å². The number of methoxy groups -OCH3 is 1. The molecule has 3 rings (SSSR count). The largest absolute Gasteiger partial charge is 0.496 e. The van der Waals surface area contributed by atoms with Crippen molar-refractivity contribution in [1.82, 2.24) is 9.78 Å². The fourth-order valence-corrected chi connectivity index (χ4v) is 4.46. The molecule has 0 unspecified atom stereocenters. The van der Waals surface area contributed by atoms with E-state index in [1.165, 1.54) is 13.2 Å². The van der Waals surface area contributed by atoms with Gasteiger partial charge in [-0.3, -0.25) is 4.79 Å². The summed E-state index contributed by atoms with van der Waals surface area (Å²) >= 11 is 0. The number of hydrogen-bond acceptors (Lipinski definition) is 8. The number of nitrogens with zero attached hydrogens (tertiary/aromatic N) is 2. The average Bonchev–Trinajstić information content (AvgIpc) is 2.75. The predicted octanol–water partition coefficient (Wildman–Crippen LogP) is 3.11. The summed E-state index contributed by atoms with van der Waals surface area (Å²) in [5, 5.41) is 4.09. The van der Waals surface area contributed by atoms with Crippen LogP contribution in [0.3, 0.4) is 0 Å². The van der Waals surface area contributed by atoms with Crippen molar-refractivity contribution in [1.29, 1.82) is 0 Å². The van der Waals surface area contributed by atoms with Crippen molar-refractivity contribution in [3.8, 4) is 17.2 Å². The van der Waals surface area contributed by atoms with Gasteiger partial charge in [-0.2, -0.15) is 18.2 Å². The van der Waals surface area contributed by atoms with Gasteiger partial charge in [-0.1, -0.05) is 18.2 Å². The fourth-order valence-electron chi connectivity index (χ4n) is 3.23. The molecule has 1 aromatic heterocycles. The maximum Gasteiger partial charge on any atom is 0.362 e. The second-order valence-electron chi connectivity index (χ2n) is 7.24. The van der Waals surface area contributed by atoms with Crippen molar-refractivity contribution >= 4 is 16.1 Å². The Hall–Kier alpha value is -3.66. The lowest BCUT2D eigenvalue weighted by molar-refractivity contribution is 0.0515. The molecule has 0 fully saturated rings. The van der Waals surface area contributed by atoms with Crippen LogP contribution < -0.4 is 14.5 Å². The Bertz CT molecular complexity index is 1380. The number of carbonyl (C=O) groups excluding carboxylic acids is 1. The lowest BCUT2D eigenvalue weighted by atomic mass is 10.1. The number of aryl methyl sites for hydroxylation is 3. The lowest BCUT2D eigenvalue weighted by Crippen LogP contribution is -2.26. The van der Waals surface area contributed by atoms with E-state index in [9.17, 15) is 18.0 Å². The summed E-state index contributed by atoms with van der Waals surface area (Å²) in [6.45, 7) is 6.66. The van der Waals surface area contributed by atoms with Gasteiger partial charge in [0, 0.05) is 0 Å². The molecule has 0 bridgehead atoms. The first-order chi connectivity index (χ1) is 15.6. The molecule has 0 saturated carbocycles. The monoisotopic (exact) mass is 472 g/mol. The first-order valence-corrected chi connectivity index (χ1v) is 11.5. The Balaban J connectivity index is 2.15. The van der Waals surface area contributed by atoms with Crippen LogP contribution in [0, 0.1) is 20.8 Å². The van der Waals surface area contributed by atoms with Crippen LogP contribution in [0.5, 0.6) is 11.5 Å². The van der Waals surface area contributed by atoms with Crippen LogP contribution in [0.25, 0.3) is 5.69 Å². The number of benzene rings is 2. The number of hydrogen-bond donors (Lipinski definition) is 0. The van der Waals surface area contributed by atoms with Crippen molar-refractivity contribution in [3.63, 3.8) is 0 Å². The Morgan fingerprint density at radius 1 is 1.00 bits per heavy atom. The third-order valence-corrected chi connectivity index (χ3v) is 6.25. The summed E-state index contributed by atoms with van der Waals surface area (Å²) in [5.74, 6) is -0.926. The van der Waals surface area contributed by atoms with E-state index in [-0.39, 0.29) is 11.5 Å². The summed E-state index contributed by atoms with van der Waals surface area (Å²) < 4.78 is 42.6. The maximum absolute atomic E-state index is 13.1. The zero-order valence-electron chi connectivity index (χ0n) is 18.9. The van der Waals surface area contributed by atoms with Gasteiger partial charge in [0.05, 0.1) is 25.5 Å². The standard InChI is InChI=1S/C23H24N2O7S/c1-6-31-23(27)22-19(13-21(26)25(24-22)17-10-8-7-9-14(17)2)32-33(28,29)20-12-15(3)18(30-5)11-16(20)4/h7-13H,6H2,1-5H3. The molecular formula is C23H24N2O7S. The summed E-state index contributed by atoms with van der Waals surface area (Å²) in [4.78, 5) is 25.3. The number of ether oxygens (including phenoxy) is 2. The summed E-state index contributed by atoms with van der Waals surface area (Å²) in [6.07, 6.45) is 0. The molecule has 0 aliphatic carbocycles. The van der Waals surface area contributed by atoms with Crippen molar-refractivity contribution in [2.24, 2.45) is 0 Å². The highest BCUT2D eigenvalue weighted by Crippen LogP contribution is 2.28. The first-order valence-electron chi connectivity index (χ1n) is 10.1. The molecule has 10 heteroatoms. The normalized spacial score (nSPS) is 11.2. The van der Waals surface area contributed by atoms with Crippen LogP contribution in [-0.2, 0) is 14.9 Å². The molecule has 174 valence electrons. The predicted molar refractivity (Wildman–Crippen MR) is 121 cm³/mol. The van der Waals surface area contributed by atoms with Crippen molar-refractivity contribution < 1.29 is 26.9 Å². The van der Waals surface area contributed by atoms with Gasteiger partial charge < -0.3 is 13.7 Å². The van der Waals surface area contributed by atoms with E-state index in [1.54, 1.807) is 58.0 Å². The molecule has 33 heavy (non-hydrogen) atoms. The summed E-state index contributed by atoms with van der Waals surface area (Å²) in [7, 11) is -2.94. The molecule has 9 nitrogen and oxygen atoms in total. The number of esters is 1. The van der Waals surface area contributed by atoms with Gasteiger partial charge in [0.2, 0.25) is 5.69 Å². The van der Waals surface area contributed by atoms with Crippen LogP contribution >= 0.6 is 0 Å². The molecular weight excluding hydrogens is 448 g/mol. The van der Waals surface area contributed by atoms with E-state index in [1.807, 2.05) is 0 Å². The quantitative estimate of drug-likeness (QED) is 0.381. The SMILES string of the molecule is CCOC(=O)c1nn(-c2ccccc2C)c(=O)cc1OS(=O)(=O)c1cc(C)c(OC)cc1C. The van der Waals surface area contributed by atoms with E-state index >= 15 is 0 Å². The number of para-hydroxylation sites is 1. The summed E-state index contributed by atoms with van der Waals surface area (Å²) in [6, 6.07) is 10.8. The minimum atomic E-state index is -4.42. The molecule has 1 heterocycles.